The van der Waals surface area contributed by atoms with Crippen LogP contribution in [-0.2, 0) is 4.84 Å². The fraction of sp³-hybridized carbons (Fsp3) is 0.238. The van der Waals surface area contributed by atoms with Crippen LogP contribution in [0, 0.1) is 6.92 Å². The molecule has 2 aromatic heterocycles. The van der Waals surface area contributed by atoms with E-state index in [0.717, 1.165) is 37.2 Å². The number of rotatable bonds is 5. The molecule has 0 saturated heterocycles. The van der Waals surface area contributed by atoms with Gasteiger partial charge in [0.1, 0.15) is 0 Å². The maximum atomic E-state index is 5.61. The van der Waals surface area contributed by atoms with Crippen LogP contribution < -0.4 is 31.3 Å². The van der Waals surface area contributed by atoms with Crippen LogP contribution in [0.3, 0.4) is 0 Å². The Kier molecular flexibility index (Phi) is 5.61. The van der Waals surface area contributed by atoms with E-state index in [-0.39, 0.29) is 27.2 Å². The number of aryl methyl sites for hydroxylation is 1. The Morgan fingerprint density at radius 3 is 2.69 bits per heavy atom. The van der Waals surface area contributed by atoms with Crippen LogP contribution in [0.15, 0.2) is 51.8 Å². The Bertz CT molecular complexity index is 1110. The van der Waals surface area contributed by atoms with Crippen LogP contribution >= 0.6 is 0 Å². The van der Waals surface area contributed by atoms with E-state index >= 15 is 0 Å². The molecule has 7 nitrogen and oxygen atoms in total. The molecule has 3 aromatic rings. The topological polar surface area (TPSA) is 81.5 Å². The van der Waals surface area contributed by atoms with Crippen molar-refractivity contribution in [3.05, 3.63) is 52.2 Å². The molecule has 0 spiro atoms. The minimum atomic E-state index is -0.218. The Hall–Kier alpha value is -2.75. The molecule has 1 aliphatic rings. The molecule has 0 amide bonds. The number of ether oxygens (including phenoxy) is 1. The zero-order valence-corrected chi connectivity index (χ0v) is 18.8. The van der Waals surface area contributed by atoms with Crippen molar-refractivity contribution in [3.8, 4) is 17.0 Å². The number of methoxy groups -OCH3 is 1. The van der Waals surface area contributed by atoms with Crippen molar-refractivity contribution >= 4 is 20.4 Å². The third-order valence-corrected chi connectivity index (χ3v) is 6.53. The minimum absolute atomic E-state index is 0.0724. The fourth-order valence-corrected chi connectivity index (χ4v) is 4.55. The van der Waals surface area contributed by atoms with Gasteiger partial charge < -0.3 is 0 Å². The van der Waals surface area contributed by atoms with Gasteiger partial charge in [0, 0.05) is 0 Å². The number of hydrogen-bond donors (Lipinski definition) is 1. The summed E-state index contributed by atoms with van der Waals surface area (Å²) >= 11 is -0.218. The molecule has 3 heterocycles. The number of pyridine rings is 1. The number of oxime groups is 1. The summed E-state index contributed by atoms with van der Waals surface area (Å²) in [6.07, 6.45) is 3.39. The summed E-state index contributed by atoms with van der Waals surface area (Å²) in [4.78, 5) is 19.0. The molecule has 1 aliphatic heterocycles. The number of hydrogen-bond acceptors (Lipinski definition) is 7. The summed E-state index contributed by atoms with van der Waals surface area (Å²) in [5.74, 6) is 2.21. The molecule has 0 saturated carbocycles. The van der Waals surface area contributed by atoms with Crippen LogP contribution in [0.25, 0.3) is 22.2 Å². The van der Waals surface area contributed by atoms with Crippen molar-refractivity contribution in [2.45, 2.75) is 26.8 Å². The van der Waals surface area contributed by atoms with Crippen molar-refractivity contribution < 1.29 is 30.8 Å². The van der Waals surface area contributed by atoms with E-state index in [9.17, 15) is 0 Å². The van der Waals surface area contributed by atoms with Gasteiger partial charge in [0.25, 0.3) is 0 Å². The van der Waals surface area contributed by atoms with Gasteiger partial charge in [-0.2, -0.15) is 0 Å². The Morgan fingerprint density at radius 1 is 1.14 bits per heavy atom. The molecule has 0 aliphatic carbocycles. The van der Waals surface area contributed by atoms with E-state index in [4.69, 9.17) is 9.57 Å². The first-order chi connectivity index (χ1) is 14.0. The second-order valence-corrected chi connectivity index (χ2v) is 9.49. The second kappa shape index (κ2) is 8.32. The molecule has 150 valence electrons. The molecule has 0 fully saturated rings. The van der Waals surface area contributed by atoms with E-state index in [1.165, 1.54) is 6.33 Å². The predicted octanol–water partition coefficient (Wildman–Crippen LogP) is 1.10. The summed E-state index contributed by atoms with van der Waals surface area (Å²) in [5, 5.41) is 8.42. The standard InChI is InChI=1S/C21H21IN5O2/c1-12-5-6-17(23-10-12)15-7-16-20(18(8-15)28-4)24-11-25-21(16)26-13(2)19-9-22-14(3)27-29-19/h5-11,13H,1-4H3,(H,24,25,26)/q-1. The van der Waals surface area contributed by atoms with E-state index in [1.807, 2.05) is 51.2 Å². The molecule has 29 heavy (non-hydrogen) atoms. The average molecular weight is 502 g/mol. The van der Waals surface area contributed by atoms with Gasteiger partial charge in [0.15, 0.2) is 0 Å². The van der Waals surface area contributed by atoms with Crippen LogP contribution in [0.2, 0.25) is 0 Å². The summed E-state index contributed by atoms with van der Waals surface area (Å²) < 4.78 is 8.81. The second-order valence-electron chi connectivity index (χ2n) is 6.68. The number of fused-ring (bicyclic) bond motifs is 1. The van der Waals surface area contributed by atoms with Crippen molar-refractivity contribution in [1.29, 1.82) is 0 Å². The Balaban J connectivity index is 1.74. The maximum absolute atomic E-state index is 5.61. The third-order valence-electron chi connectivity index (χ3n) is 4.51. The number of halogens is 1. The quantitative estimate of drug-likeness (QED) is 0.527. The van der Waals surface area contributed by atoms with Crippen LogP contribution in [0.1, 0.15) is 19.4 Å². The van der Waals surface area contributed by atoms with E-state index < -0.39 is 0 Å². The molecule has 0 radical (unpaired) electrons. The first-order valence-corrected chi connectivity index (χ1v) is 11.4. The summed E-state index contributed by atoms with van der Waals surface area (Å²) in [7, 11) is 1.64. The van der Waals surface area contributed by atoms with Gasteiger partial charge in [-0.05, 0) is 6.92 Å². The van der Waals surface area contributed by atoms with E-state index in [1.54, 1.807) is 7.11 Å². The van der Waals surface area contributed by atoms with Gasteiger partial charge in [-0.25, -0.2) is 0 Å². The summed E-state index contributed by atoms with van der Waals surface area (Å²) in [6.45, 7) is 6.04. The molecule has 1 atom stereocenters. The first-order valence-electron chi connectivity index (χ1n) is 9.12. The van der Waals surface area contributed by atoms with Gasteiger partial charge >= 0.3 is 173 Å². The molecular formula is C21H21IN5O2-. The van der Waals surface area contributed by atoms with Crippen molar-refractivity contribution in [2.24, 2.45) is 5.16 Å². The van der Waals surface area contributed by atoms with Crippen molar-refractivity contribution in [2.75, 3.05) is 12.4 Å². The van der Waals surface area contributed by atoms with Gasteiger partial charge in [-0.15, -0.1) is 0 Å². The molecule has 1 aromatic carbocycles. The fourth-order valence-electron chi connectivity index (χ4n) is 2.93. The number of nitrogens with zero attached hydrogens (tertiary/aromatic N) is 4. The molecule has 0 bridgehead atoms. The molecular weight excluding hydrogens is 481 g/mol. The predicted molar refractivity (Wildman–Crippen MR) is 109 cm³/mol. The molecule has 8 heteroatoms. The zero-order valence-electron chi connectivity index (χ0n) is 16.6. The number of nitrogens with one attached hydrogen (secondary N) is 1. The SMILES string of the molecule is COc1cc(-c2ccc(C)cn2)cc2c(NC(C)C3=C[I-]C(C)=NO3)ncnc12. The first kappa shape index (κ1) is 19.6. The van der Waals surface area contributed by atoms with Crippen LogP contribution in [0.4, 0.5) is 5.82 Å². The van der Waals surface area contributed by atoms with Gasteiger partial charge in [0.2, 0.25) is 0 Å². The molecule has 1 N–H and O–H groups in total. The Morgan fingerprint density at radius 2 is 2.00 bits per heavy atom. The van der Waals surface area contributed by atoms with E-state index in [0.29, 0.717) is 11.6 Å². The number of benzene rings is 1. The van der Waals surface area contributed by atoms with Crippen molar-refractivity contribution in [1.82, 2.24) is 15.0 Å². The van der Waals surface area contributed by atoms with Gasteiger partial charge in [-0.3, -0.25) is 0 Å². The van der Waals surface area contributed by atoms with Crippen LogP contribution in [0.5, 0.6) is 5.75 Å². The number of aromatic nitrogens is 3. The average Bonchev–Trinajstić information content (AvgIpc) is 2.74. The normalized spacial score (nSPS) is 14.9. The molecule has 1 unspecified atom stereocenters. The summed E-state index contributed by atoms with van der Waals surface area (Å²) in [6, 6.07) is 7.96. The van der Waals surface area contributed by atoms with Crippen molar-refractivity contribution in [3.63, 3.8) is 0 Å². The van der Waals surface area contributed by atoms with Gasteiger partial charge in [-0.1, -0.05) is 0 Å². The third kappa shape index (κ3) is 4.16. The Labute approximate surface area is 179 Å². The van der Waals surface area contributed by atoms with E-state index in [2.05, 4.69) is 29.5 Å². The molecule has 4 rings (SSSR count). The van der Waals surface area contributed by atoms with Gasteiger partial charge in [0.05, 0.1) is 0 Å². The monoisotopic (exact) mass is 502 g/mol. The summed E-state index contributed by atoms with van der Waals surface area (Å²) in [5.41, 5.74) is 3.67. The number of anilines is 1. The zero-order chi connectivity index (χ0) is 20.4. The van der Waals surface area contributed by atoms with Crippen LogP contribution in [-0.4, -0.2) is 31.8 Å².